The van der Waals surface area contributed by atoms with Crippen molar-refractivity contribution in [2.75, 3.05) is 19.6 Å². The molecule has 0 amide bonds. The largest absolute Gasteiger partial charge is 0.354 e. The Kier molecular flexibility index (Phi) is 2.31. The number of nitrogens with zero attached hydrogens (tertiary/aromatic N) is 2. The SMILES string of the molecule is Cc1ccccc1C1CCN=C2NCCN21. The monoisotopic (exact) mass is 215 g/mol. The molecule has 1 aromatic rings. The molecule has 16 heavy (non-hydrogen) atoms. The molecule has 84 valence electrons. The van der Waals surface area contributed by atoms with E-state index in [4.69, 9.17) is 0 Å². The highest BCUT2D eigenvalue weighted by molar-refractivity contribution is 5.83. The van der Waals surface area contributed by atoms with Crippen molar-refractivity contribution in [2.45, 2.75) is 19.4 Å². The van der Waals surface area contributed by atoms with Crippen molar-refractivity contribution in [3.05, 3.63) is 35.4 Å². The molecule has 2 aliphatic heterocycles. The summed E-state index contributed by atoms with van der Waals surface area (Å²) in [6.45, 7) is 5.25. The maximum absolute atomic E-state index is 4.53. The lowest BCUT2D eigenvalue weighted by Crippen LogP contribution is -2.37. The Morgan fingerprint density at radius 2 is 2.25 bits per heavy atom. The van der Waals surface area contributed by atoms with E-state index < -0.39 is 0 Å². The van der Waals surface area contributed by atoms with Gasteiger partial charge in [-0.2, -0.15) is 0 Å². The Morgan fingerprint density at radius 3 is 3.12 bits per heavy atom. The number of benzene rings is 1. The van der Waals surface area contributed by atoms with Gasteiger partial charge in [0, 0.05) is 19.6 Å². The van der Waals surface area contributed by atoms with Crippen LogP contribution in [-0.2, 0) is 0 Å². The topological polar surface area (TPSA) is 27.6 Å². The van der Waals surface area contributed by atoms with Gasteiger partial charge in [-0.3, -0.25) is 4.99 Å². The average molecular weight is 215 g/mol. The summed E-state index contributed by atoms with van der Waals surface area (Å²) in [5, 5.41) is 3.35. The molecule has 1 saturated heterocycles. The molecule has 3 nitrogen and oxygen atoms in total. The molecule has 1 unspecified atom stereocenters. The highest BCUT2D eigenvalue weighted by Gasteiger charge is 2.30. The van der Waals surface area contributed by atoms with E-state index in [0.717, 1.165) is 32.0 Å². The van der Waals surface area contributed by atoms with Crippen LogP contribution < -0.4 is 5.32 Å². The Hall–Kier alpha value is -1.51. The van der Waals surface area contributed by atoms with Gasteiger partial charge in [0.15, 0.2) is 5.96 Å². The fraction of sp³-hybridized carbons (Fsp3) is 0.462. The Bertz CT molecular complexity index is 425. The number of guanidine groups is 1. The van der Waals surface area contributed by atoms with Crippen molar-refractivity contribution in [3.8, 4) is 0 Å². The van der Waals surface area contributed by atoms with Crippen molar-refractivity contribution in [1.29, 1.82) is 0 Å². The smallest absolute Gasteiger partial charge is 0.194 e. The first-order chi connectivity index (χ1) is 7.86. The molecule has 3 heteroatoms. The molecule has 1 atom stereocenters. The van der Waals surface area contributed by atoms with Crippen molar-refractivity contribution in [1.82, 2.24) is 10.2 Å². The lowest BCUT2D eigenvalue weighted by atomic mass is 9.97. The van der Waals surface area contributed by atoms with E-state index in [1.807, 2.05) is 0 Å². The zero-order valence-corrected chi connectivity index (χ0v) is 9.61. The van der Waals surface area contributed by atoms with Gasteiger partial charge in [0.1, 0.15) is 0 Å². The van der Waals surface area contributed by atoms with E-state index in [1.54, 1.807) is 0 Å². The molecule has 3 rings (SSSR count). The Balaban J connectivity index is 1.96. The van der Waals surface area contributed by atoms with E-state index in [9.17, 15) is 0 Å². The van der Waals surface area contributed by atoms with Crippen LogP contribution in [0.3, 0.4) is 0 Å². The van der Waals surface area contributed by atoms with Crippen LogP contribution in [0.4, 0.5) is 0 Å². The van der Waals surface area contributed by atoms with E-state index in [0.29, 0.717) is 6.04 Å². The third-order valence-corrected chi connectivity index (χ3v) is 3.50. The minimum absolute atomic E-state index is 0.517. The Labute approximate surface area is 96.2 Å². The van der Waals surface area contributed by atoms with Crippen LogP contribution in [0.2, 0.25) is 0 Å². The molecule has 1 aromatic carbocycles. The molecule has 0 aliphatic carbocycles. The fourth-order valence-corrected chi connectivity index (χ4v) is 2.68. The standard InChI is InChI=1S/C13H17N3/c1-10-4-2-3-5-11(10)12-6-7-14-13-15-8-9-16(12)13/h2-5,12H,6-9H2,1H3,(H,14,15). The van der Waals surface area contributed by atoms with Crippen LogP contribution >= 0.6 is 0 Å². The predicted octanol–water partition coefficient (Wildman–Crippen LogP) is 1.70. The minimum Gasteiger partial charge on any atom is -0.354 e. The first-order valence-corrected chi connectivity index (χ1v) is 5.97. The molecule has 2 heterocycles. The molecule has 2 aliphatic rings. The van der Waals surface area contributed by atoms with E-state index in [1.165, 1.54) is 11.1 Å². The summed E-state index contributed by atoms with van der Waals surface area (Å²) >= 11 is 0. The number of nitrogens with one attached hydrogen (secondary N) is 1. The molecule has 1 N–H and O–H groups in total. The quantitative estimate of drug-likeness (QED) is 0.772. The van der Waals surface area contributed by atoms with Crippen molar-refractivity contribution < 1.29 is 0 Å². The number of hydrogen-bond donors (Lipinski definition) is 1. The molecular weight excluding hydrogens is 198 g/mol. The maximum Gasteiger partial charge on any atom is 0.194 e. The zero-order chi connectivity index (χ0) is 11.0. The molecule has 1 fully saturated rings. The van der Waals surface area contributed by atoms with Crippen molar-refractivity contribution in [3.63, 3.8) is 0 Å². The lowest BCUT2D eigenvalue weighted by Gasteiger charge is -2.33. The number of rotatable bonds is 1. The highest BCUT2D eigenvalue weighted by Crippen LogP contribution is 2.30. The summed E-state index contributed by atoms with van der Waals surface area (Å²) in [6.07, 6.45) is 1.13. The number of fused-ring (bicyclic) bond motifs is 1. The first kappa shape index (κ1) is 9.70. The van der Waals surface area contributed by atoms with Gasteiger partial charge in [-0.05, 0) is 24.5 Å². The van der Waals surface area contributed by atoms with Crippen LogP contribution in [0.1, 0.15) is 23.6 Å². The third kappa shape index (κ3) is 1.47. The number of aryl methyl sites for hydroxylation is 1. The lowest BCUT2D eigenvalue weighted by molar-refractivity contribution is 0.313. The summed E-state index contributed by atoms with van der Waals surface area (Å²) < 4.78 is 0. The van der Waals surface area contributed by atoms with Crippen molar-refractivity contribution >= 4 is 5.96 Å². The van der Waals surface area contributed by atoms with Crippen LogP contribution in [-0.4, -0.2) is 30.5 Å². The van der Waals surface area contributed by atoms with Crippen LogP contribution in [0.15, 0.2) is 29.3 Å². The second kappa shape index (κ2) is 3.81. The second-order valence-corrected chi connectivity index (χ2v) is 4.49. The number of hydrogen-bond acceptors (Lipinski definition) is 3. The molecular formula is C13H17N3. The summed E-state index contributed by atoms with van der Waals surface area (Å²) in [4.78, 5) is 6.94. The maximum atomic E-state index is 4.53. The molecule has 0 bridgehead atoms. The van der Waals surface area contributed by atoms with Crippen LogP contribution in [0, 0.1) is 6.92 Å². The predicted molar refractivity (Wildman–Crippen MR) is 65.5 cm³/mol. The van der Waals surface area contributed by atoms with Crippen LogP contribution in [0.25, 0.3) is 0 Å². The summed E-state index contributed by atoms with van der Waals surface area (Å²) in [7, 11) is 0. The van der Waals surface area contributed by atoms with E-state index >= 15 is 0 Å². The third-order valence-electron chi connectivity index (χ3n) is 3.50. The van der Waals surface area contributed by atoms with Crippen molar-refractivity contribution in [2.24, 2.45) is 4.99 Å². The van der Waals surface area contributed by atoms with Gasteiger partial charge < -0.3 is 10.2 Å². The van der Waals surface area contributed by atoms with Gasteiger partial charge in [0.05, 0.1) is 6.04 Å². The van der Waals surface area contributed by atoms with Gasteiger partial charge in [0.2, 0.25) is 0 Å². The van der Waals surface area contributed by atoms with Gasteiger partial charge in [0.25, 0.3) is 0 Å². The fourth-order valence-electron chi connectivity index (χ4n) is 2.68. The molecule has 0 radical (unpaired) electrons. The van der Waals surface area contributed by atoms with E-state index in [-0.39, 0.29) is 0 Å². The van der Waals surface area contributed by atoms with Gasteiger partial charge in [-0.25, -0.2) is 0 Å². The summed E-state index contributed by atoms with van der Waals surface area (Å²) in [5.41, 5.74) is 2.85. The van der Waals surface area contributed by atoms with Gasteiger partial charge >= 0.3 is 0 Å². The average Bonchev–Trinajstić information content (AvgIpc) is 2.77. The Morgan fingerprint density at radius 1 is 1.38 bits per heavy atom. The summed E-state index contributed by atoms with van der Waals surface area (Å²) in [6, 6.07) is 9.21. The minimum atomic E-state index is 0.517. The molecule has 0 aromatic heterocycles. The summed E-state index contributed by atoms with van der Waals surface area (Å²) in [5.74, 6) is 1.10. The van der Waals surface area contributed by atoms with Crippen LogP contribution in [0.5, 0.6) is 0 Å². The second-order valence-electron chi connectivity index (χ2n) is 4.49. The molecule has 0 spiro atoms. The first-order valence-electron chi connectivity index (χ1n) is 5.97. The molecule has 0 saturated carbocycles. The highest BCUT2D eigenvalue weighted by atomic mass is 15.4. The van der Waals surface area contributed by atoms with E-state index in [2.05, 4.69) is 46.4 Å². The normalized spacial score (nSPS) is 23.7. The zero-order valence-electron chi connectivity index (χ0n) is 9.61. The van der Waals surface area contributed by atoms with Gasteiger partial charge in [-0.1, -0.05) is 24.3 Å². The van der Waals surface area contributed by atoms with Gasteiger partial charge in [-0.15, -0.1) is 0 Å². The number of aliphatic imine (C=N–C) groups is 1.